The van der Waals surface area contributed by atoms with Gasteiger partial charge in [-0.3, -0.25) is 14.4 Å². The molecule has 0 saturated carbocycles. The molecule has 0 spiro atoms. The Bertz CT molecular complexity index is 1300. The number of carbonyl (C=O) groups is 3. The second-order valence-electron chi connectivity index (χ2n) is 7.69. The van der Waals surface area contributed by atoms with Gasteiger partial charge in [0.15, 0.2) is 0 Å². The van der Waals surface area contributed by atoms with Crippen LogP contribution in [-0.2, 0) is 20.9 Å². The number of amides is 3. The predicted octanol–water partition coefficient (Wildman–Crippen LogP) is 4.39. The number of hydrogen-bond donors (Lipinski definition) is 0. The molecule has 9 heteroatoms. The minimum atomic E-state index is -0.417. The van der Waals surface area contributed by atoms with E-state index in [1.807, 2.05) is 35.0 Å². The van der Waals surface area contributed by atoms with E-state index in [0.717, 1.165) is 33.1 Å². The van der Waals surface area contributed by atoms with Crippen molar-refractivity contribution in [3.8, 4) is 0 Å². The predicted molar refractivity (Wildman–Crippen MR) is 129 cm³/mol. The van der Waals surface area contributed by atoms with E-state index in [1.54, 1.807) is 35.2 Å². The third kappa shape index (κ3) is 4.17. The number of rotatable bonds is 4. The number of fused-ring (bicyclic) bond motifs is 1. The number of benzene rings is 2. The summed E-state index contributed by atoms with van der Waals surface area (Å²) in [6, 6.07) is 14.5. The summed E-state index contributed by atoms with van der Waals surface area (Å²) in [6.45, 7) is 2.45. The second-order valence-corrected chi connectivity index (χ2v) is 9.09. The van der Waals surface area contributed by atoms with Gasteiger partial charge in [0.25, 0.3) is 11.1 Å². The van der Waals surface area contributed by atoms with Crippen molar-refractivity contribution >= 4 is 63.1 Å². The molecular weight excluding hydrogens is 462 g/mol. The van der Waals surface area contributed by atoms with Crippen LogP contribution >= 0.6 is 23.4 Å². The first-order valence-electron chi connectivity index (χ1n) is 10.5. The van der Waals surface area contributed by atoms with E-state index in [-0.39, 0.29) is 12.5 Å². The molecular formula is C24H20ClN3O4S. The number of aromatic nitrogens is 1. The van der Waals surface area contributed by atoms with Crippen LogP contribution in [0.15, 0.2) is 59.6 Å². The first kappa shape index (κ1) is 21.8. The zero-order chi connectivity index (χ0) is 22.9. The van der Waals surface area contributed by atoms with E-state index >= 15 is 0 Å². The number of carbonyl (C=O) groups excluding carboxylic acids is 3. The minimum absolute atomic E-state index is 0.0182. The van der Waals surface area contributed by atoms with Gasteiger partial charge in [-0.15, -0.1) is 0 Å². The van der Waals surface area contributed by atoms with E-state index in [9.17, 15) is 14.4 Å². The first-order chi connectivity index (χ1) is 16.0. The Morgan fingerprint density at radius 1 is 1.06 bits per heavy atom. The van der Waals surface area contributed by atoms with Crippen molar-refractivity contribution in [1.82, 2.24) is 9.47 Å². The van der Waals surface area contributed by atoms with Gasteiger partial charge < -0.3 is 14.2 Å². The fraction of sp³-hybridized carbons (Fsp3) is 0.208. The zero-order valence-electron chi connectivity index (χ0n) is 17.6. The Kier molecular flexibility index (Phi) is 5.97. The standard InChI is InChI=1S/C24H20ClN3O4S/c25-18-6-2-4-8-20(18)28-23(30)21(33-24(28)31)13-16-14-27(19-7-3-1-5-17(16)19)15-22(29)26-9-11-32-12-10-26/h1-8,13-14H,9-12,15H2/b21-13-. The number of para-hydroxylation sites is 2. The van der Waals surface area contributed by atoms with Crippen LogP contribution in [0.5, 0.6) is 0 Å². The molecule has 2 aliphatic rings. The number of thioether (sulfide) groups is 1. The number of anilines is 1. The van der Waals surface area contributed by atoms with E-state index in [4.69, 9.17) is 16.3 Å². The molecule has 0 radical (unpaired) electrons. The average molecular weight is 482 g/mol. The molecule has 33 heavy (non-hydrogen) atoms. The molecule has 1 aromatic heterocycles. The number of imide groups is 1. The Balaban J connectivity index is 1.47. The lowest BCUT2D eigenvalue weighted by Gasteiger charge is -2.27. The molecule has 2 aliphatic heterocycles. The molecule has 0 N–H and O–H groups in total. The summed E-state index contributed by atoms with van der Waals surface area (Å²) in [5.74, 6) is -0.399. The smallest absolute Gasteiger partial charge is 0.298 e. The summed E-state index contributed by atoms with van der Waals surface area (Å²) in [5, 5.41) is 0.835. The summed E-state index contributed by atoms with van der Waals surface area (Å²) in [6.07, 6.45) is 3.56. The fourth-order valence-electron chi connectivity index (χ4n) is 4.03. The Morgan fingerprint density at radius 2 is 1.79 bits per heavy atom. The van der Waals surface area contributed by atoms with Crippen LogP contribution in [0.2, 0.25) is 5.02 Å². The number of hydrogen-bond acceptors (Lipinski definition) is 5. The lowest BCUT2D eigenvalue weighted by atomic mass is 10.1. The van der Waals surface area contributed by atoms with E-state index < -0.39 is 11.1 Å². The van der Waals surface area contributed by atoms with Gasteiger partial charge in [-0.05, 0) is 36.0 Å². The molecule has 0 unspecified atom stereocenters. The van der Waals surface area contributed by atoms with Crippen molar-refractivity contribution in [2.75, 3.05) is 31.2 Å². The molecule has 0 aliphatic carbocycles. The molecule has 168 valence electrons. The molecule has 0 atom stereocenters. The normalized spacial score (nSPS) is 18.0. The van der Waals surface area contributed by atoms with Crippen molar-refractivity contribution in [3.05, 3.63) is 70.2 Å². The van der Waals surface area contributed by atoms with Gasteiger partial charge in [-0.25, -0.2) is 4.90 Å². The highest BCUT2D eigenvalue weighted by molar-refractivity contribution is 8.19. The van der Waals surface area contributed by atoms with Gasteiger partial charge in [0.2, 0.25) is 5.91 Å². The Hall–Kier alpha value is -3.07. The van der Waals surface area contributed by atoms with Gasteiger partial charge in [0.05, 0.1) is 28.8 Å². The number of ether oxygens (including phenoxy) is 1. The van der Waals surface area contributed by atoms with Crippen molar-refractivity contribution in [1.29, 1.82) is 0 Å². The topological polar surface area (TPSA) is 71.9 Å². The molecule has 2 aromatic carbocycles. The molecule has 2 fully saturated rings. The summed E-state index contributed by atoms with van der Waals surface area (Å²) < 4.78 is 7.22. The minimum Gasteiger partial charge on any atom is -0.378 e. The van der Waals surface area contributed by atoms with Crippen LogP contribution in [-0.4, -0.2) is 52.8 Å². The second kappa shape index (κ2) is 9.05. The van der Waals surface area contributed by atoms with Gasteiger partial charge in [0, 0.05) is 35.8 Å². The molecule has 2 saturated heterocycles. The van der Waals surface area contributed by atoms with Gasteiger partial charge in [0.1, 0.15) is 6.54 Å². The van der Waals surface area contributed by atoms with Crippen molar-refractivity contribution in [3.63, 3.8) is 0 Å². The number of halogens is 1. The molecule has 3 heterocycles. The van der Waals surface area contributed by atoms with Crippen molar-refractivity contribution in [2.45, 2.75) is 6.54 Å². The van der Waals surface area contributed by atoms with Crippen LogP contribution in [0, 0.1) is 0 Å². The highest BCUT2D eigenvalue weighted by Crippen LogP contribution is 2.39. The molecule has 3 amide bonds. The average Bonchev–Trinajstić information content (AvgIpc) is 3.31. The maximum absolute atomic E-state index is 13.1. The molecule has 5 rings (SSSR count). The first-order valence-corrected chi connectivity index (χ1v) is 11.7. The van der Waals surface area contributed by atoms with E-state index in [1.165, 1.54) is 0 Å². The maximum Gasteiger partial charge on any atom is 0.298 e. The fourth-order valence-corrected chi connectivity index (χ4v) is 5.07. The van der Waals surface area contributed by atoms with Crippen LogP contribution < -0.4 is 4.90 Å². The van der Waals surface area contributed by atoms with E-state index in [2.05, 4.69) is 0 Å². The largest absolute Gasteiger partial charge is 0.378 e. The molecule has 3 aromatic rings. The summed E-state index contributed by atoms with van der Waals surface area (Å²) >= 11 is 7.09. The third-order valence-electron chi connectivity index (χ3n) is 5.66. The SMILES string of the molecule is O=C(Cn1cc(/C=C2\SC(=O)N(c3ccccc3Cl)C2=O)c2ccccc21)N1CCOCC1. The van der Waals surface area contributed by atoms with Crippen LogP contribution in [0.3, 0.4) is 0 Å². The van der Waals surface area contributed by atoms with Crippen molar-refractivity contribution < 1.29 is 19.1 Å². The van der Waals surface area contributed by atoms with Crippen LogP contribution in [0.4, 0.5) is 10.5 Å². The van der Waals surface area contributed by atoms with Gasteiger partial charge >= 0.3 is 0 Å². The van der Waals surface area contributed by atoms with Gasteiger partial charge in [-0.1, -0.05) is 41.9 Å². The highest BCUT2D eigenvalue weighted by atomic mass is 35.5. The number of nitrogens with zero attached hydrogens (tertiary/aromatic N) is 3. The van der Waals surface area contributed by atoms with Crippen molar-refractivity contribution in [2.24, 2.45) is 0 Å². The summed E-state index contributed by atoms with van der Waals surface area (Å²) in [5.41, 5.74) is 2.02. The maximum atomic E-state index is 13.1. The third-order valence-corrected chi connectivity index (χ3v) is 6.85. The Morgan fingerprint density at radius 3 is 2.58 bits per heavy atom. The lowest BCUT2D eigenvalue weighted by Crippen LogP contribution is -2.42. The monoisotopic (exact) mass is 481 g/mol. The number of morpholine rings is 1. The lowest BCUT2D eigenvalue weighted by molar-refractivity contribution is -0.135. The quantitative estimate of drug-likeness (QED) is 0.517. The summed E-state index contributed by atoms with van der Waals surface area (Å²) in [7, 11) is 0. The van der Waals surface area contributed by atoms with Crippen LogP contribution in [0.25, 0.3) is 17.0 Å². The van der Waals surface area contributed by atoms with Gasteiger partial charge in [-0.2, -0.15) is 0 Å². The van der Waals surface area contributed by atoms with Crippen LogP contribution in [0.1, 0.15) is 5.56 Å². The highest BCUT2D eigenvalue weighted by Gasteiger charge is 2.37. The summed E-state index contributed by atoms with van der Waals surface area (Å²) in [4.78, 5) is 41.7. The molecule has 0 bridgehead atoms. The Labute approximate surface area is 199 Å². The van der Waals surface area contributed by atoms with E-state index in [0.29, 0.717) is 41.9 Å². The zero-order valence-corrected chi connectivity index (χ0v) is 19.1. The molecule has 7 nitrogen and oxygen atoms in total.